The van der Waals surface area contributed by atoms with E-state index in [1.54, 1.807) is 0 Å². The van der Waals surface area contributed by atoms with Gasteiger partial charge in [-0.25, -0.2) is 4.79 Å². The van der Waals surface area contributed by atoms with E-state index in [2.05, 4.69) is 38.8 Å². The fourth-order valence-electron chi connectivity index (χ4n) is 6.05. The van der Waals surface area contributed by atoms with Crippen LogP contribution in [0.4, 0.5) is 4.79 Å². The second-order valence-corrected chi connectivity index (χ2v) is 23.7. The van der Waals surface area contributed by atoms with Crippen LogP contribution in [-0.2, 0) is 33.3 Å². The molecule has 0 unspecified atom stereocenters. The first kappa shape index (κ1) is 50.2. The Labute approximate surface area is 335 Å². The first-order valence-electron chi connectivity index (χ1n) is 20.0. The van der Waals surface area contributed by atoms with Crippen molar-refractivity contribution in [3.63, 3.8) is 0 Å². The zero-order chi connectivity index (χ0) is 39.7. The molecule has 1 heterocycles. The van der Waals surface area contributed by atoms with Gasteiger partial charge in [0, 0.05) is 21.1 Å². The Morgan fingerprint density at radius 2 is 1.38 bits per heavy atom. The lowest BCUT2D eigenvalue weighted by Gasteiger charge is -2.43. The number of alkyl halides is 3. The first-order valence-corrected chi connectivity index (χ1v) is 24.9. The van der Waals surface area contributed by atoms with Crippen molar-refractivity contribution < 1.29 is 48.3 Å². The van der Waals surface area contributed by atoms with Gasteiger partial charge in [-0.15, -0.1) is 0 Å². The van der Waals surface area contributed by atoms with E-state index in [0.29, 0.717) is 6.42 Å². The maximum absolute atomic E-state index is 13.6. The lowest BCUT2D eigenvalue weighted by molar-refractivity contribution is -0.272. The van der Waals surface area contributed by atoms with E-state index in [1.807, 2.05) is 0 Å². The Balaban J connectivity index is 3.04. The number of rotatable bonds is 29. The van der Waals surface area contributed by atoms with Gasteiger partial charge in [0.15, 0.2) is 12.4 Å². The predicted octanol–water partition coefficient (Wildman–Crippen LogP) is 9.16. The van der Waals surface area contributed by atoms with Crippen molar-refractivity contribution in [1.29, 1.82) is 0 Å². The minimum Gasteiger partial charge on any atom is -0.462 e. The molecule has 0 aromatic rings. The molecular formula is C38H70Cl3NO10Si. The van der Waals surface area contributed by atoms with Gasteiger partial charge in [-0.1, -0.05) is 158 Å². The number of carbonyl (C=O) groups is 3. The van der Waals surface area contributed by atoms with E-state index < -0.39 is 73.9 Å². The molecule has 0 aromatic carbocycles. The number of amides is 1. The number of unbranched alkanes of at least 4 members (excludes halogenated alkanes) is 14. The molecule has 0 aliphatic carbocycles. The average molecular weight is 835 g/mol. The SMILES string of the molecule is CCCCCCCCCCC[C@H](CC(=O)O[C@H]1[C@H](O)[C@@H](CO)O[C@@H](OCC[Si](C)(C)C)[C@@H]1NC(=O)OCC(Cl)(Cl)Cl)OC(=O)CCCCCCCCC. The van der Waals surface area contributed by atoms with Crippen molar-refractivity contribution in [1.82, 2.24) is 5.32 Å². The summed E-state index contributed by atoms with van der Waals surface area (Å²) in [5.41, 5.74) is 0. The molecule has 0 radical (unpaired) electrons. The zero-order valence-electron chi connectivity index (χ0n) is 33.0. The number of alkyl carbamates (subject to hydrolysis) is 1. The summed E-state index contributed by atoms with van der Waals surface area (Å²) in [6.07, 6.45) is 11.0. The Kier molecular flexibility index (Phi) is 27.0. The molecule has 3 N–H and O–H groups in total. The topological polar surface area (TPSA) is 150 Å². The molecule has 0 spiro atoms. The van der Waals surface area contributed by atoms with Crippen molar-refractivity contribution in [3.05, 3.63) is 0 Å². The highest BCUT2D eigenvalue weighted by molar-refractivity contribution is 6.76. The largest absolute Gasteiger partial charge is 0.462 e. The summed E-state index contributed by atoms with van der Waals surface area (Å²) in [7, 11) is -1.55. The van der Waals surface area contributed by atoms with Crippen LogP contribution in [0.15, 0.2) is 0 Å². The summed E-state index contributed by atoms with van der Waals surface area (Å²) in [5.74, 6) is -1.11. The van der Waals surface area contributed by atoms with E-state index in [4.69, 9.17) is 58.5 Å². The van der Waals surface area contributed by atoms with Gasteiger partial charge in [-0.05, 0) is 25.3 Å². The molecule has 0 bridgehead atoms. The van der Waals surface area contributed by atoms with E-state index in [1.165, 1.54) is 51.4 Å². The van der Waals surface area contributed by atoms with Crippen LogP contribution in [0.1, 0.15) is 136 Å². The number of nitrogens with one attached hydrogen (secondary N) is 1. The normalized spacial score (nSPS) is 21.2. The molecule has 11 nitrogen and oxygen atoms in total. The Hall–Kier alpha value is -0.863. The fourth-order valence-corrected chi connectivity index (χ4v) is 6.95. The molecule has 0 saturated carbocycles. The monoisotopic (exact) mass is 833 g/mol. The van der Waals surface area contributed by atoms with Gasteiger partial charge in [-0.2, -0.15) is 0 Å². The van der Waals surface area contributed by atoms with Crippen LogP contribution in [0.5, 0.6) is 0 Å². The van der Waals surface area contributed by atoms with Crippen molar-refractivity contribution in [3.8, 4) is 0 Å². The molecular weight excluding hydrogens is 765 g/mol. The van der Waals surface area contributed by atoms with Gasteiger partial charge in [0.25, 0.3) is 0 Å². The third-order valence-corrected chi connectivity index (χ3v) is 11.2. The highest BCUT2D eigenvalue weighted by Gasteiger charge is 2.49. The average Bonchev–Trinajstić information content (AvgIpc) is 3.07. The Morgan fingerprint density at radius 1 is 0.830 bits per heavy atom. The number of ether oxygens (including phenoxy) is 5. The highest BCUT2D eigenvalue weighted by atomic mass is 35.6. The third kappa shape index (κ3) is 25.1. The molecule has 53 heavy (non-hydrogen) atoms. The molecule has 312 valence electrons. The smallest absolute Gasteiger partial charge is 0.407 e. The van der Waals surface area contributed by atoms with Crippen molar-refractivity contribution in [2.24, 2.45) is 0 Å². The quantitative estimate of drug-likeness (QED) is 0.0219. The number of aliphatic hydroxyl groups is 2. The fraction of sp³-hybridized carbons (Fsp3) is 0.921. The number of carbonyl (C=O) groups excluding carboxylic acids is 3. The molecule has 6 atom stereocenters. The Bertz CT molecular complexity index is 1000. The van der Waals surface area contributed by atoms with Crippen LogP contribution >= 0.6 is 34.8 Å². The molecule has 1 aliphatic rings. The number of esters is 2. The molecule has 1 fully saturated rings. The summed E-state index contributed by atoms with van der Waals surface area (Å²) in [5, 5.41) is 23.8. The molecule has 1 saturated heterocycles. The number of hydrogen-bond acceptors (Lipinski definition) is 10. The van der Waals surface area contributed by atoms with Crippen molar-refractivity contribution >= 4 is 60.9 Å². The second-order valence-electron chi connectivity index (χ2n) is 15.5. The van der Waals surface area contributed by atoms with Crippen LogP contribution in [0.3, 0.4) is 0 Å². The van der Waals surface area contributed by atoms with Gasteiger partial charge in [-0.3, -0.25) is 9.59 Å². The molecule has 1 rings (SSSR count). The van der Waals surface area contributed by atoms with Crippen LogP contribution in [-0.4, -0.2) is 96.7 Å². The summed E-state index contributed by atoms with van der Waals surface area (Å²) < 4.78 is 26.7. The molecule has 1 amide bonds. The van der Waals surface area contributed by atoms with Crippen LogP contribution in [0.2, 0.25) is 25.7 Å². The van der Waals surface area contributed by atoms with Gasteiger partial charge in [0.05, 0.1) is 13.0 Å². The minimum absolute atomic E-state index is 0.251. The maximum atomic E-state index is 13.6. The van der Waals surface area contributed by atoms with Gasteiger partial charge >= 0.3 is 18.0 Å². The van der Waals surface area contributed by atoms with E-state index >= 15 is 0 Å². The number of aliphatic hydroxyl groups excluding tert-OH is 2. The van der Waals surface area contributed by atoms with Gasteiger partial charge in [0.1, 0.15) is 31.0 Å². The van der Waals surface area contributed by atoms with E-state index in [-0.39, 0.29) is 25.4 Å². The summed E-state index contributed by atoms with van der Waals surface area (Å²) in [6.45, 7) is 9.96. The zero-order valence-corrected chi connectivity index (χ0v) is 36.3. The minimum atomic E-state index is -1.88. The van der Waals surface area contributed by atoms with Crippen molar-refractivity contribution in [2.75, 3.05) is 19.8 Å². The lowest BCUT2D eigenvalue weighted by Crippen LogP contribution is -2.66. The molecule has 0 aromatic heterocycles. The van der Waals surface area contributed by atoms with Gasteiger partial charge in [0.2, 0.25) is 3.79 Å². The number of halogens is 3. The lowest BCUT2D eigenvalue weighted by atomic mass is 9.96. The maximum Gasteiger partial charge on any atom is 0.407 e. The van der Waals surface area contributed by atoms with Gasteiger partial charge < -0.3 is 39.2 Å². The van der Waals surface area contributed by atoms with Crippen molar-refractivity contribution in [2.45, 2.75) is 202 Å². The predicted molar refractivity (Wildman–Crippen MR) is 213 cm³/mol. The van der Waals surface area contributed by atoms with E-state index in [0.717, 1.165) is 57.4 Å². The second kappa shape index (κ2) is 28.5. The van der Waals surface area contributed by atoms with Crippen LogP contribution < -0.4 is 5.32 Å². The van der Waals surface area contributed by atoms with Crippen LogP contribution in [0.25, 0.3) is 0 Å². The van der Waals surface area contributed by atoms with Crippen LogP contribution in [0, 0.1) is 0 Å². The number of hydrogen-bond donors (Lipinski definition) is 3. The highest BCUT2D eigenvalue weighted by Crippen LogP contribution is 2.28. The summed E-state index contributed by atoms with van der Waals surface area (Å²) >= 11 is 17.3. The summed E-state index contributed by atoms with van der Waals surface area (Å²) in [6, 6.07) is -0.504. The summed E-state index contributed by atoms with van der Waals surface area (Å²) in [4.78, 5) is 39.3. The third-order valence-electron chi connectivity index (χ3n) is 9.21. The Morgan fingerprint density at radius 3 is 1.91 bits per heavy atom. The molecule has 15 heteroatoms. The standard InChI is InChI=1S/C38H70Cl3NO10Si/c1-6-8-10-12-14-15-17-18-20-22-29(50-31(44)23-21-19-16-13-11-9-7-2)26-32(45)52-35-33(42-37(47)49-28-38(39,40)41)36(48-24-25-53(3,4)5)51-30(27-43)34(35)46/h29-30,33-36,43,46H,6-28H2,1-5H3,(H,42,47)/t29-,30-,33-,34-,35-,36-/m1/s1. The first-order chi connectivity index (χ1) is 25.1. The van der Waals surface area contributed by atoms with E-state index in [9.17, 15) is 24.6 Å². The molecule has 1 aliphatic heterocycles.